The Kier molecular flexibility index (Phi) is 3.08. The Hall–Kier alpha value is -0.655. The second kappa shape index (κ2) is 3.36. The predicted molar refractivity (Wildman–Crippen MR) is 37.3 cm³/mol. The van der Waals surface area contributed by atoms with Crippen molar-refractivity contribution in [2.45, 2.75) is 13.3 Å². The monoisotopic (exact) mass is 108 g/mol. The molecular formula is C6H9BO. The molecule has 0 spiro atoms. The molecule has 0 saturated heterocycles. The van der Waals surface area contributed by atoms with Gasteiger partial charge < -0.3 is 0 Å². The van der Waals surface area contributed by atoms with Gasteiger partial charge in [0.15, 0.2) is 0 Å². The number of carbonyl (C=O) groups is 1. The van der Waals surface area contributed by atoms with Crippen molar-refractivity contribution >= 4 is 19.2 Å². The van der Waals surface area contributed by atoms with Gasteiger partial charge in [0.2, 0.25) is 0 Å². The summed E-state index contributed by atoms with van der Waals surface area (Å²) >= 11 is 0. The van der Waals surface area contributed by atoms with E-state index >= 15 is 0 Å². The third-order valence-electron chi connectivity index (χ3n) is 0.926. The summed E-state index contributed by atoms with van der Waals surface area (Å²) in [6.45, 7) is 10.2. The van der Waals surface area contributed by atoms with Gasteiger partial charge in [0.25, 0.3) is 0 Å². The van der Waals surface area contributed by atoms with Gasteiger partial charge in [-0.1, -0.05) is 0 Å². The average molecular weight is 108 g/mol. The van der Waals surface area contributed by atoms with E-state index in [1.165, 1.54) is 6.92 Å². The fourth-order valence-corrected chi connectivity index (χ4v) is 0.341. The van der Waals surface area contributed by atoms with Gasteiger partial charge in [-0.15, -0.1) is 0 Å². The van der Waals surface area contributed by atoms with Crippen LogP contribution in [0.4, 0.5) is 0 Å². The van der Waals surface area contributed by atoms with Gasteiger partial charge >= 0.3 is 49.4 Å². The Morgan fingerprint density at radius 3 is 2.38 bits per heavy atom. The number of rotatable bonds is 3. The van der Waals surface area contributed by atoms with E-state index in [4.69, 9.17) is 0 Å². The minimum absolute atomic E-state index is 0.0694. The summed E-state index contributed by atoms with van der Waals surface area (Å²) in [7, 11) is 0. The first kappa shape index (κ1) is 7.34. The summed E-state index contributed by atoms with van der Waals surface area (Å²) in [6.07, 6.45) is 0.519. The molecule has 0 aromatic rings. The fourth-order valence-electron chi connectivity index (χ4n) is 0.341. The van der Waals surface area contributed by atoms with Crippen LogP contribution >= 0.6 is 0 Å². The Labute approximate surface area is 50.3 Å². The Balaban J connectivity index is 3.82. The molecule has 0 rings (SSSR count). The Bertz CT molecular complexity index is 126. The third kappa shape index (κ3) is 1.87. The standard InChI is InChI=1S/C6H9BO/c1-4-6(8)5(2)7-3/h2-4H2,1H3. The molecule has 0 amide bonds. The first-order chi connectivity index (χ1) is 3.72. The maximum absolute atomic E-state index is 10.6. The summed E-state index contributed by atoms with van der Waals surface area (Å²) in [5.74, 6) is 0.0694. The summed E-state index contributed by atoms with van der Waals surface area (Å²) < 4.78 is 0. The van der Waals surface area contributed by atoms with E-state index in [1.807, 2.05) is 0 Å². The van der Waals surface area contributed by atoms with E-state index in [1.54, 1.807) is 6.92 Å². The molecule has 0 aliphatic carbocycles. The van der Waals surface area contributed by atoms with Gasteiger partial charge in [-0.2, -0.15) is 0 Å². The van der Waals surface area contributed by atoms with Crippen LogP contribution in [-0.2, 0) is 4.79 Å². The molecule has 0 saturated carbocycles. The van der Waals surface area contributed by atoms with Crippen LogP contribution in [0, 0.1) is 0 Å². The van der Waals surface area contributed by atoms with Crippen molar-refractivity contribution in [2.75, 3.05) is 0 Å². The summed E-state index contributed by atoms with van der Waals surface area (Å²) in [6, 6.07) is 0. The van der Waals surface area contributed by atoms with Crippen molar-refractivity contribution in [1.82, 2.24) is 0 Å². The van der Waals surface area contributed by atoms with Crippen LogP contribution in [0.2, 0.25) is 0 Å². The quantitative estimate of drug-likeness (QED) is 0.382. The zero-order valence-corrected chi connectivity index (χ0v) is 5.11. The fraction of sp³-hybridized carbons (Fsp3) is 0.333. The minimum atomic E-state index is 0.0694. The van der Waals surface area contributed by atoms with E-state index < -0.39 is 0 Å². The zero-order chi connectivity index (χ0) is 6.57. The van der Waals surface area contributed by atoms with Crippen LogP contribution in [0.15, 0.2) is 12.1 Å². The first-order valence-corrected chi connectivity index (χ1v) is 2.57. The molecule has 1 nitrogen and oxygen atoms in total. The van der Waals surface area contributed by atoms with Gasteiger partial charge in [-0.3, -0.25) is 0 Å². The number of hydrogen-bond acceptors (Lipinski definition) is 1. The molecule has 0 fully saturated rings. The van der Waals surface area contributed by atoms with Crippen LogP contribution in [0.1, 0.15) is 13.3 Å². The number of Topliss-reactive ketones (excluding diaryl/α,β-unsaturated/α-hetero) is 1. The van der Waals surface area contributed by atoms with Crippen molar-refractivity contribution in [3.8, 4) is 0 Å². The van der Waals surface area contributed by atoms with Crippen molar-refractivity contribution in [2.24, 2.45) is 0 Å². The maximum atomic E-state index is 10.6. The molecule has 0 aliphatic rings. The van der Waals surface area contributed by atoms with E-state index in [-0.39, 0.29) is 5.78 Å². The molecule has 42 valence electrons. The second-order valence-corrected chi connectivity index (χ2v) is 1.51. The van der Waals surface area contributed by atoms with Crippen LogP contribution in [0.3, 0.4) is 0 Å². The molecule has 0 aromatic carbocycles. The summed E-state index contributed by atoms with van der Waals surface area (Å²) in [5, 5.41) is 0. The molecule has 0 atom stereocenters. The van der Waals surface area contributed by atoms with E-state index in [0.29, 0.717) is 11.9 Å². The number of hydrogen-bond donors (Lipinski definition) is 0. The Morgan fingerprint density at radius 2 is 2.25 bits per heavy atom. The van der Waals surface area contributed by atoms with Crippen molar-refractivity contribution in [3.05, 3.63) is 12.1 Å². The Morgan fingerprint density at radius 1 is 1.75 bits per heavy atom. The van der Waals surface area contributed by atoms with Crippen LogP contribution in [0.5, 0.6) is 0 Å². The summed E-state index contributed by atoms with van der Waals surface area (Å²) in [4.78, 5) is 10.6. The molecule has 2 heteroatoms. The van der Waals surface area contributed by atoms with Crippen molar-refractivity contribution in [1.29, 1.82) is 0 Å². The molecule has 0 unspecified atom stereocenters. The third-order valence-corrected chi connectivity index (χ3v) is 0.926. The van der Waals surface area contributed by atoms with Gasteiger partial charge in [0.05, 0.1) is 0 Å². The SMILES string of the molecule is C=BC(=C)C(=O)CC. The molecule has 0 heterocycles. The first-order valence-electron chi connectivity index (χ1n) is 2.57. The zero-order valence-electron chi connectivity index (χ0n) is 5.11. The number of carbonyl (C=O) groups excluding carboxylic acids is 1. The molecule has 0 N–H and O–H groups in total. The van der Waals surface area contributed by atoms with E-state index in [2.05, 4.69) is 13.0 Å². The van der Waals surface area contributed by atoms with Crippen LogP contribution in [-0.4, -0.2) is 19.2 Å². The van der Waals surface area contributed by atoms with Gasteiger partial charge in [0, 0.05) is 0 Å². The molecule has 0 aliphatic heterocycles. The second-order valence-electron chi connectivity index (χ2n) is 1.51. The van der Waals surface area contributed by atoms with Gasteiger partial charge in [0.1, 0.15) is 0 Å². The van der Waals surface area contributed by atoms with Crippen molar-refractivity contribution in [3.63, 3.8) is 0 Å². The summed E-state index contributed by atoms with van der Waals surface area (Å²) in [5.41, 5.74) is 0.507. The van der Waals surface area contributed by atoms with Gasteiger partial charge in [-0.25, -0.2) is 0 Å². The average Bonchev–Trinajstić information content (AvgIpc) is 1.84. The molecular weight excluding hydrogens is 98.9 g/mol. The van der Waals surface area contributed by atoms with E-state index in [0.717, 1.165) is 0 Å². The molecule has 0 radical (unpaired) electrons. The number of ketones is 1. The van der Waals surface area contributed by atoms with Crippen LogP contribution < -0.4 is 0 Å². The number of allylic oxidation sites excluding steroid dienone is 1. The van der Waals surface area contributed by atoms with E-state index in [9.17, 15) is 4.79 Å². The molecule has 0 aromatic heterocycles. The normalized spacial score (nSPS) is 7.62. The van der Waals surface area contributed by atoms with Crippen LogP contribution in [0.25, 0.3) is 0 Å². The van der Waals surface area contributed by atoms with Gasteiger partial charge in [-0.05, 0) is 0 Å². The molecule has 8 heavy (non-hydrogen) atoms. The predicted octanol–water partition coefficient (Wildman–Crippen LogP) is 0.615. The molecule has 0 bridgehead atoms. The topological polar surface area (TPSA) is 17.1 Å². The van der Waals surface area contributed by atoms with Crippen molar-refractivity contribution < 1.29 is 4.79 Å².